The van der Waals surface area contributed by atoms with Crippen molar-refractivity contribution in [2.45, 2.75) is 45.8 Å². The highest BCUT2D eigenvalue weighted by atomic mass is 16.5. The van der Waals surface area contributed by atoms with Gasteiger partial charge in [-0.1, -0.05) is 25.8 Å². The largest absolute Gasteiger partial charge is 0.482 e. The number of rotatable bonds is 10. The van der Waals surface area contributed by atoms with Crippen molar-refractivity contribution in [1.29, 1.82) is 0 Å². The molecule has 2 heterocycles. The fraction of sp³-hybridized carbons (Fsp3) is 0.444. The van der Waals surface area contributed by atoms with Gasteiger partial charge < -0.3 is 20.9 Å². The predicted molar refractivity (Wildman–Crippen MR) is 97.9 cm³/mol. The van der Waals surface area contributed by atoms with Gasteiger partial charge in [0.25, 0.3) is 5.91 Å². The van der Waals surface area contributed by atoms with Crippen LogP contribution in [-0.2, 0) is 6.61 Å². The number of aliphatic hydroxyl groups excluding tert-OH is 1. The highest BCUT2D eigenvalue weighted by Crippen LogP contribution is 2.23. The Hall–Kier alpha value is -2.74. The zero-order valence-corrected chi connectivity index (χ0v) is 15.1. The number of nitrogens with one attached hydrogen (secondary N) is 1. The molecule has 2 aromatic rings. The van der Waals surface area contributed by atoms with Crippen LogP contribution in [0.5, 0.6) is 5.75 Å². The molecule has 1 amide bonds. The molecule has 1 unspecified atom stereocenters. The van der Waals surface area contributed by atoms with Gasteiger partial charge >= 0.3 is 0 Å². The van der Waals surface area contributed by atoms with Crippen molar-refractivity contribution < 1.29 is 14.6 Å². The third-order valence-corrected chi connectivity index (χ3v) is 3.78. The lowest BCUT2D eigenvalue weighted by Crippen LogP contribution is -2.25. The summed E-state index contributed by atoms with van der Waals surface area (Å²) in [6.07, 6.45) is 4.46. The first-order valence-electron chi connectivity index (χ1n) is 8.63. The summed E-state index contributed by atoms with van der Waals surface area (Å²) in [7, 11) is 0. The Kier molecular flexibility index (Phi) is 7.28. The average Bonchev–Trinajstić information content (AvgIpc) is 2.64. The zero-order chi connectivity index (χ0) is 18.9. The van der Waals surface area contributed by atoms with E-state index in [-0.39, 0.29) is 24.9 Å². The van der Waals surface area contributed by atoms with E-state index in [1.807, 2.05) is 0 Å². The summed E-state index contributed by atoms with van der Waals surface area (Å²) in [6, 6.07) is 4.88. The Labute approximate surface area is 152 Å². The van der Waals surface area contributed by atoms with E-state index in [1.165, 1.54) is 0 Å². The molecule has 0 spiro atoms. The monoisotopic (exact) mass is 359 g/mol. The Morgan fingerprint density at radius 3 is 2.88 bits per heavy atom. The average molecular weight is 359 g/mol. The molecule has 0 saturated heterocycles. The number of carbonyl (C=O) groups excluding carboxylic acids is 1. The first kappa shape index (κ1) is 19.6. The molecule has 0 radical (unpaired) electrons. The third kappa shape index (κ3) is 5.66. The van der Waals surface area contributed by atoms with Crippen LogP contribution in [0.4, 0.5) is 5.82 Å². The SMILES string of the molecule is CCCCC(CO)Nc1nc(C)ncc1OCc1cccc(C(N)=O)n1. The highest BCUT2D eigenvalue weighted by Gasteiger charge is 2.13. The lowest BCUT2D eigenvalue weighted by atomic mass is 10.1. The minimum absolute atomic E-state index is 0.00467. The van der Waals surface area contributed by atoms with Gasteiger partial charge in [-0.2, -0.15) is 0 Å². The van der Waals surface area contributed by atoms with E-state index in [1.54, 1.807) is 31.3 Å². The minimum Gasteiger partial charge on any atom is -0.482 e. The first-order valence-corrected chi connectivity index (χ1v) is 8.63. The van der Waals surface area contributed by atoms with E-state index in [0.29, 0.717) is 23.1 Å². The number of nitrogens with two attached hydrogens (primary N) is 1. The van der Waals surface area contributed by atoms with Crippen LogP contribution in [-0.4, -0.2) is 38.6 Å². The van der Waals surface area contributed by atoms with Crippen molar-refractivity contribution in [1.82, 2.24) is 15.0 Å². The number of anilines is 1. The van der Waals surface area contributed by atoms with Crippen molar-refractivity contribution >= 4 is 11.7 Å². The number of hydrogen-bond donors (Lipinski definition) is 3. The van der Waals surface area contributed by atoms with Crippen LogP contribution in [0.15, 0.2) is 24.4 Å². The third-order valence-electron chi connectivity index (χ3n) is 3.78. The molecule has 0 bridgehead atoms. The summed E-state index contributed by atoms with van der Waals surface area (Å²) in [5, 5.41) is 12.8. The second-order valence-corrected chi connectivity index (χ2v) is 5.96. The van der Waals surface area contributed by atoms with Crippen molar-refractivity contribution in [2.24, 2.45) is 5.73 Å². The van der Waals surface area contributed by atoms with Crippen LogP contribution in [0.2, 0.25) is 0 Å². The van der Waals surface area contributed by atoms with Gasteiger partial charge in [0, 0.05) is 0 Å². The molecule has 8 nitrogen and oxygen atoms in total. The predicted octanol–water partition coefficient (Wildman–Crippen LogP) is 1.82. The lowest BCUT2D eigenvalue weighted by Gasteiger charge is -2.19. The maximum Gasteiger partial charge on any atom is 0.267 e. The fourth-order valence-electron chi connectivity index (χ4n) is 2.37. The van der Waals surface area contributed by atoms with Crippen molar-refractivity contribution in [2.75, 3.05) is 11.9 Å². The van der Waals surface area contributed by atoms with Gasteiger partial charge in [0.05, 0.1) is 24.5 Å². The first-order chi connectivity index (χ1) is 12.5. The van der Waals surface area contributed by atoms with Gasteiger partial charge in [-0.05, 0) is 25.5 Å². The number of aryl methyl sites for hydroxylation is 1. The minimum atomic E-state index is -0.588. The lowest BCUT2D eigenvalue weighted by molar-refractivity contribution is 0.0995. The van der Waals surface area contributed by atoms with E-state index in [4.69, 9.17) is 10.5 Å². The van der Waals surface area contributed by atoms with Crippen molar-refractivity contribution in [3.63, 3.8) is 0 Å². The summed E-state index contributed by atoms with van der Waals surface area (Å²) in [5.74, 6) is 0.992. The number of pyridine rings is 1. The van der Waals surface area contributed by atoms with Gasteiger partial charge in [0.15, 0.2) is 11.6 Å². The Morgan fingerprint density at radius 1 is 1.38 bits per heavy atom. The standard InChI is InChI=1S/C18H25N5O3/c1-3-4-6-13(10-24)23-18-16(9-20-12(2)21-18)26-11-14-7-5-8-15(22-14)17(19)25/h5,7-9,13,24H,3-4,6,10-11H2,1-2H3,(H2,19,25)(H,20,21,23). The van der Waals surface area contributed by atoms with Gasteiger partial charge in [-0.3, -0.25) is 4.79 Å². The number of ether oxygens (including phenoxy) is 1. The van der Waals surface area contributed by atoms with Gasteiger partial charge in [0.2, 0.25) is 0 Å². The molecule has 1 atom stereocenters. The normalized spacial score (nSPS) is 11.8. The molecule has 26 heavy (non-hydrogen) atoms. The fourth-order valence-corrected chi connectivity index (χ4v) is 2.37. The smallest absolute Gasteiger partial charge is 0.267 e. The van der Waals surface area contributed by atoms with Crippen molar-refractivity contribution in [3.8, 4) is 5.75 Å². The van der Waals surface area contributed by atoms with Gasteiger partial charge in [0.1, 0.15) is 18.1 Å². The second kappa shape index (κ2) is 9.67. The molecular weight excluding hydrogens is 334 g/mol. The molecule has 2 rings (SSSR count). The Bertz CT molecular complexity index is 739. The number of aliphatic hydroxyl groups is 1. The molecule has 0 aromatic carbocycles. The van der Waals surface area contributed by atoms with E-state index >= 15 is 0 Å². The van der Waals surface area contributed by atoms with Crippen LogP contribution < -0.4 is 15.8 Å². The van der Waals surface area contributed by atoms with Crippen LogP contribution in [0.3, 0.4) is 0 Å². The quantitative estimate of drug-likeness (QED) is 0.591. The molecule has 0 aliphatic heterocycles. The maximum absolute atomic E-state index is 11.2. The van der Waals surface area contributed by atoms with E-state index in [9.17, 15) is 9.90 Å². The summed E-state index contributed by atoms with van der Waals surface area (Å²) < 4.78 is 5.78. The number of nitrogens with zero attached hydrogens (tertiary/aromatic N) is 3. The molecule has 140 valence electrons. The van der Waals surface area contributed by atoms with E-state index < -0.39 is 5.91 Å². The molecule has 0 saturated carbocycles. The number of amides is 1. The summed E-state index contributed by atoms with van der Waals surface area (Å²) in [4.78, 5) is 23.9. The molecule has 8 heteroatoms. The number of carbonyl (C=O) groups is 1. The van der Waals surface area contributed by atoms with Gasteiger partial charge in [-0.25, -0.2) is 15.0 Å². The molecule has 0 fully saturated rings. The summed E-state index contributed by atoms with van der Waals surface area (Å²) >= 11 is 0. The topological polar surface area (TPSA) is 123 Å². The summed E-state index contributed by atoms with van der Waals surface area (Å²) in [6.45, 7) is 4.03. The van der Waals surface area contributed by atoms with Crippen molar-refractivity contribution in [3.05, 3.63) is 41.6 Å². The Morgan fingerprint density at radius 2 is 2.19 bits per heavy atom. The second-order valence-electron chi connectivity index (χ2n) is 5.96. The number of aromatic nitrogens is 3. The highest BCUT2D eigenvalue weighted by molar-refractivity contribution is 5.90. The molecule has 4 N–H and O–H groups in total. The summed E-state index contributed by atoms with van der Waals surface area (Å²) in [5.41, 5.74) is 6.00. The molecule has 0 aliphatic rings. The zero-order valence-electron chi connectivity index (χ0n) is 15.1. The number of unbranched alkanes of at least 4 members (excludes halogenated alkanes) is 1. The molecule has 0 aliphatic carbocycles. The number of primary amides is 1. The molecule has 2 aromatic heterocycles. The van der Waals surface area contributed by atoms with Gasteiger partial charge in [-0.15, -0.1) is 0 Å². The van der Waals surface area contributed by atoms with E-state index in [0.717, 1.165) is 19.3 Å². The molecular formula is C18H25N5O3. The maximum atomic E-state index is 11.2. The van der Waals surface area contributed by atoms with E-state index in [2.05, 4.69) is 27.2 Å². The Balaban J connectivity index is 2.11. The van der Waals surface area contributed by atoms with Crippen LogP contribution in [0.25, 0.3) is 0 Å². The number of hydrogen-bond acceptors (Lipinski definition) is 7. The van der Waals surface area contributed by atoms with Crippen LogP contribution in [0.1, 0.15) is 48.2 Å². The van der Waals surface area contributed by atoms with Crippen LogP contribution >= 0.6 is 0 Å². The van der Waals surface area contributed by atoms with Crippen LogP contribution in [0, 0.1) is 6.92 Å².